The molecule has 0 aromatic carbocycles. The summed E-state index contributed by atoms with van der Waals surface area (Å²) in [5.74, 6) is 0.115. The monoisotopic (exact) mass is 389 g/mol. The molecule has 2 aliphatic heterocycles. The van der Waals surface area contributed by atoms with Gasteiger partial charge in [0.1, 0.15) is 6.61 Å². The number of carbonyl (C=O) groups excluding carboxylic acids is 2. The van der Waals surface area contributed by atoms with Crippen LogP contribution in [0.5, 0.6) is 0 Å². The van der Waals surface area contributed by atoms with Gasteiger partial charge in [-0.25, -0.2) is 9.97 Å². The predicted octanol–water partition coefficient (Wildman–Crippen LogP) is 1.18. The van der Waals surface area contributed by atoms with Crippen molar-refractivity contribution in [2.45, 2.75) is 45.1 Å². The minimum atomic E-state index is -0.327. The van der Waals surface area contributed by atoms with Gasteiger partial charge < -0.3 is 19.9 Å². The van der Waals surface area contributed by atoms with Crippen molar-refractivity contribution >= 4 is 17.8 Å². The van der Waals surface area contributed by atoms with E-state index in [2.05, 4.69) is 15.2 Å². The lowest BCUT2D eigenvalue weighted by molar-refractivity contribution is -0.134. The zero-order valence-corrected chi connectivity index (χ0v) is 17.1. The molecule has 3 rings (SSSR count). The number of likely N-dealkylation sites (tertiary alicyclic amines) is 1. The van der Waals surface area contributed by atoms with Crippen LogP contribution in [0.4, 0.5) is 5.95 Å². The second kappa shape index (κ2) is 9.32. The van der Waals surface area contributed by atoms with E-state index in [4.69, 9.17) is 9.72 Å². The Bertz CT molecular complexity index is 690. The number of amides is 2. The van der Waals surface area contributed by atoms with Crippen molar-refractivity contribution in [1.82, 2.24) is 20.2 Å². The maximum atomic E-state index is 12.8. The fourth-order valence-electron chi connectivity index (χ4n) is 3.99. The fourth-order valence-corrected chi connectivity index (χ4v) is 3.99. The van der Waals surface area contributed by atoms with E-state index in [1.165, 1.54) is 13.5 Å². The highest BCUT2D eigenvalue weighted by Gasteiger charge is 2.41. The molecule has 154 valence electrons. The highest BCUT2D eigenvalue weighted by Crippen LogP contribution is 2.33. The summed E-state index contributed by atoms with van der Waals surface area (Å²) in [7, 11) is 1.50. The molecule has 2 aliphatic rings. The molecular formula is C20H31N5O3. The van der Waals surface area contributed by atoms with Crippen LogP contribution in [0.15, 0.2) is 12.3 Å². The number of nitrogens with one attached hydrogen (secondary N) is 1. The standard InChI is InChI=1S/C20H31N5O3/c1-14(2)22-19(27)16-12-25(18(26)13-28-3)11-15(16)17-7-8-21-20(23-17)24-9-5-4-6-10-24/h7-8,14-16H,4-6,9-13H2,1-3H3,(H,22,27)/t15-,16-/m0/s1. The molecule has 3 heterocycles. The van der Waals surface area contributed by atoms with E-state index in [1.807, 2.05) is 19.9 Å². The van der Waals surface area contributed by atoms with Crippen LogP contribution in [-0.2, 0) is 14.3 Å². The highest BCUT2D eigenvalue weighted by atomic mass is 16.5. The molecule has 0 aliphatic carbocycles. The van der Waals surface area contributed by atoms with Gasteiger partial charge in [-0.2, -0.15) is 0 Å². The Balaban J connectivity index is 1.83. The number of ether oxygens (including phenoxy) is 1. The smallest absolute Gasteiger partial charge is 0.248 e. The lowest BCUT2D eigenvalue weighted by atomic mass is 9.91. The molecule has 1 aromatic heterocycles. The number of methoxy groups -OCH3 is 1. The van der Waals surface area contributed by atoms with Gasteiger partial charge in [0, 0.05) is 51.4 Å². The van der Waals surface area contributed by atoms with Gasteiger partial charge in [-0.05, 0) is 39.2 Å². The molecule has 2 amide bonds. The summed E-state index contributed by atoms with van der Waals surface area (Å²) in [6.45, 7) is 6.68. The Morgan fingerprint density at radius 3 is 2.68 bits per heavy atom. The van der Waals surface area contributed by atoms with E-state index < -0.39 is 0 Å². The third-order valence-electron chi connectivity index (χ3n) is 5.39. The van der Waals surface area contributed by atoms with Crippen LogP contribution in [-0.4, -0.2) is 72.6 Å². The summed E-state index contributed by atoms with van der Waals surface area (Å²) < 4.78 is 4.99. The van der Waals surface area contributed by atoms with Crippen LogP contribution in [0.3, 0.4) is 0 Å². The zero-order chi connectivity index (χ0) is 20.1. The first-order valence-electron chi connectivity index (χ1n) is 10.1. The van der Waals surface area contributed by atoms with Crippen molar-refractivity contribution in [3.05, 3.63) is 18.0 Å². The summed E-state index contributed by atoms with van der Waals surface area (Å²) in [5, 5.41) is 2.99. The molecule has 0 radical (unpaired) electrons. The summed E-state index contributed by atoms with van der Waals surface area (Å²) in [5.41, 5.74) is 0.826. The topological polar surface area (TPSA) is 87.7 Å². The number of anilines is 1. The van der Waals surface area contributed by atoms with Crippen molar-refractivity contribution in [2.75, 3.05) is 44.8 Å². The summed E-state index contributed by atoms with van der Waals surface area (Å²) in [4.78, 5) is 38.3. The van der Waals surface area contributed by atoms with Gasteiger partial charge in [-0.15, -0.1) is 0 Å². The van der Waals surface area contributed by atoms with Gasteiger partial charge in [-0.3, -0.25) is 9.59 Å². The molecule has 0 spiro atoms. The molecular weight excluding hydrogens is 358 g/mol. The van der Waals surface area contributed by atoms with Gasteiger partial charge in [0.25, 0.3) is 0 Å². The number of piperidine rings is 1. The Morgan fingerprint density at radius 2 is 2.00 bits per heavy atom. The quantitative estimate of drug-likeness (QED) is 0.786. The molecule has 1 aromatic rings. The van der Waals surface area contributed by atoms with Crippen molar-refractivity contribution in [2.24, 2.45) is 5.92 Å². The average molecular weight is 390 g/mol. The van der Waals surface area contributed by atoms with E-state index in [0.717, 1.165) is 37.6 Å². The molecule has 0 bridgehead atoms. The van der Waals surface area contributed by atoms with Gasteiger partial charge >= 0.3 is 0 Å². The normalized spacial score (nSPS) is 22.6. The van der Waals surface area contributed by atoms with Crippen molar-refractivity contribution < 1.29 is 14.3 Å². The van der Waals surface area contributed by atoms with E-state index in [0.29, 0.717) is 13.1 Å². The van der Waals surface area contributed by atoms with Gasteiger partial charge in [0.15, 0.2) is 0 Å². The van der Waals surface area contributed by atoms with E-state index in [1.54, 1.807) is 11.1 Å². The van der Waals surface area contributed by atoms with Crippen LogP contribution in [0.2, 0.25) is 0 Å². The van der Waals surface area contributed by atoms with Crippen LogP contribution in [0.25, 0.3) is 0 Å². The maximum Gasteiger partial charge on any atom is 0.248 e. The van der Waals surface area contributed by atoms with Crippen LogP contribution < -0.4 is 10.2 Å². The van der Waals surface area contributed by atoms with E-state index >= 15 is 0 Å². The maximum absolute atomic E-state index is 12.8. The molecule has 0 unspecified atom stereocenters. The zero-order valence-electron chi connectivity index (χ0n) is 17.1. The second-order valence-corrected chi connectivity index (χ2v) is 7.94. The van der Waals surface area contributed by atoms with Gasteiger partial charge in [-0.1, -0.05) is 0 Å². The van der Waals surface area contributed by atoms with Gasteiger partial charge in [0.05, 0.1) is 11.6 Å². The summed E-state index contributed by atoms with van der Waals surface area (Å²) >= 11 is 0. The Labute approximate surface area is 166 Å². The Hall–Kier alpha value is -2.22. The van der Waals surface area contributed by atoms with E-state index in [-0.39, 0.29) is 36.3 Å². The number of aromatic nitrogens is 2. The molecule has 2 saturated heterocycles. The van der Waals surface area contributed by atoms with Crippen molar-refractivity contribution in [3.8, 4) is 0 Å². The molecule has 2 fully saturated rings. The SMILES string of the molecule is COCC(=O)N1C[C@H](C(=O)NC(C)C)[C@@H](c2ccnc(N3CCCCC3)n2)C1. The first-order valence-corrected chi connectivity index (χ1v) is 10.1. The lowest BCUT2D eigenvalue weighted by Gasteiger charge is -2.27. The largest absolute Gasteiger partial charge is 0.375 e. The first kappa shape index (κ1) is 20.5. The van der Waals surface area contributed by atoms with Gasteiger partial charge in [0.2, 0.25) is 17.8 Å². The van der Waals surface area contributed by atoms with Crippen LogP contribution in [0.1, 0.15) is 44.7 Å². The third kappa shape index (κ3) is 4.79. The molecule has 28 heavy (non-hydrogen) atoms. The summed E-state index contributed by atoms with van der Waals surface area (Å²) in [6, 6.07) is 1.92. The summed E-state index contributed by atoms with van der Waals surface area (Å²) in [6.07, 6.45) is 5.31. The molecule has 1 N–H and O–H groups in total. The predicted molar refractivity (Wildman–Crippen MR) is 106 cm³/mol. The minimum Gasteiger partial charge on any atom is -0.375 e. The number of nitrogens with zero attached hydrogens (tertiary/aromatic N) is 4. The number of carbonyl (C=O) groups is 2. The number of rotatable bonds is 6. The third-order valence-corrected chi connectivity index (χ3v) is 5.39. The van der Waals surface area contributed by atoms with Crippen molar-refractivity contribution in [1.29, 1.82) is 0 Å². The first-order chi connectivity index (χ1) is 13.5. The average Bonchev–Trinajstić information content (AvgIpc) is 3.14. The molecule has 8 heteroatoms. The van der Waals surface area contributed by atoms with Crippen LogP contribution >= 0.6 is 0 Å². The lowest BCUT2D eigenvalue weighted by Crippen LogP contribution is -2.39. The van der Waals surface area contributed by atoms with E-state index in [9.17, 15) is 9.59 Å². The molecule has 0 saturated carbocycles. The second-order valence-electron chi connectivity index (χ2n) is 7.94. The number of hydrogen-bond donors (Lipinski definition) is 1. The fraction of sp³-hybridized carbons (Fsp3) is 0.700. The Kier molecular flexibility index (Phi) is 6.83. The number of hydrogen-bond acceptors (Lipinski definition) is 6. The molecule has 8 nitrogen and oxygen atoms in total. The highest BCUT2D eigenvalue weighted by molar-refractivity contribution is 5.83. The van der Waals surface area contributed by atoms with Crippen molar-refractivity contribution in [3.63, 3.8) is 0 Å². The Morgan fingerprint density at radius 1 is 1.25 bits per heavy atom. The molecule has 2 atom stereocenters. The van der Waals surface area contributed by atoms with Crippen LogP contribution in [0, 0.1) is 5.92 Å². The minimum absolute atomic E-state index is 0.0219.